The first-order valence-corrected chi connectivity index (χ1v) is 16.9. The van der Waals surface area contributed by atoms with E-state index in [4.69, 9.17) is 4.74 Å². The Morgan fingerprint density at radius 3 is 2.22 bits per heavy atom. The monoisotopic (exact) mass is 679 g/mol. The number of anilines is 4. The van der Waals surface area contributed by atoms with E-state index >= 15 is 0 Å². The fraction of sp³-hybridized carbons (Fsp3) is 0.167. The minimum absolute atomic E-state index is 0.00914. The molecule has 5 aromatic rings. The van der Waals surface area contributed by atoms with Crippen LogP contribution < -0.4 is 14.5 Å². The van der Waals surface area contributed by atoms with Crippen LogP contribution in [0.3, 0.4) is 0 Å². The number of amides is 3. The molecule has 2 aliphatic rings. The number of carbonyl (C=O) groups is 3. The van der Waals surface area contributed by atoms with Gasteiger partial charge >= 0.3 is 0 Å². The Labute approximate surface area is 296 Å². The number of hydrogen-bond donors (Lipinski definition) is 2. The van der Waals surface area contributed by atoms with Crippen molar-refractivity contribution in [3.63, 3.8) is 0 Å². The molecule has 51 heavy (non-hydrogen) atoms. The standard InChI is InChI=1S/C42H37N3O6/c1-29(13-12-22-39(47)43(25-26-46)28-30-14-4-2-5-15-30)42(50)34-27-32(23-24-35(34)45(41(42)49)31-16-6-3-7-17-31)44-36-19-9-11-21-38(36)51-37-20-10-8-18-33(37)40(44)48/h2-21,23-24,27,29,46,50H,22,25-26,28H2,1H3/b13-12+/t29-,42+/m1/s1. The highest BCUT2D eigenvalue weighted by Crippen LogP contribution is 2.51. The second kappa shape index (κ2) is 14.1. The van der Waals surface area contributed by atoms with Gasteiger partial charge in [0.2, 0.25) is 5.91 Å². The van der Waals surface area contributed by atoms with E-state index in [0.717, 1.165) is 5.56 Å². The number of para-hydroxylation sites is 4. The van der Waals surface area contributed by atoms with Gasteiger partial charge in [0.05, 0.1) is 23.5 Å². The molecule has 9 heteroatoms. The Balaban J connectivity index is 1.25. The molecule has 256 valence electrons. The predicted molar refractivity (Wildman–Crippen MR) is 195 cm³/mol. The highest BCUT2D eigenvalue weighted by molar-refractivity contribution is 6.16. The van der Waals surface area contributed by atoms with Crippen LogP contribution in [0.25, 0.3) is 0 Å². The molecule has 0 aliphatic carbocycles. The summed E-state index contributed by atoms with van der Waals surface area (Å²) in [5, 5.41) is 22.2. The van der Waals surface area contributed by atoms with Gasteiger partial charge in [0.25, 0.3) is 11.8 Å². The van der Waals surface area contributed by atoms with Gasteiger partial charge in [-0.05, 0) is 60.2 Å². The van der Waals surface area contributed by atoms with Crippen LogP contribution in [0.2, 0.25) is 0 Å². The molecule has 2 N–H and O–H groups in total. The molecule has 5 aromatic carbocycles. The first-order chi connectivity index (χ1) is 24.8. The summed E-state index contributed by atoms with van der Waals surface area (Å²) in [5.74, 6) is -0.941. The Hall–Kier alpha value is -6.03. The van der Waals surface area contributed by atoms with Crippen LogP contribution in [0.4, 0.5) is 22.7 Å². The van der Waals surface area contributed by atoms with Crippen LogP contribution in [-0.4, -0.2) is 46.0 Å². The van der Waals surface area contributed by atoms with Crippen molar-refractivity contribution in [3.8, 4) is 11.5 Å². The molecule has 0 saturated heterocycles. The Morgan fingerprint density at radius 2 is 1.47 bits per heavy atom. The zero-order valence-corrected chi connectivity index (χ0v) is 28.1. The molecular weight excluding hydrogens is 642 g/mol. The average molecular weight is 680 g/mol. The van der Waals surface area contributed by atoms with Gasteiger partial charge in [-0.15, -0.1) is 0 Å². The van der Waals surface area contributed by atoms with E-state index in [1.165, 1.54) is 4.90 Å². The molecule has 0 bridgehead atoms. The van der Waals surface area contributed by atoms with E-state index in [-0.39, 0.29) is 31.4 Å². The third-order valence-corrected chi connectivity index (χ3v) is 9.40. The largest absolute Gasteiger partial charge is 0.454 e. The minimum atomic E-state index is -2.04. The van der Waals surface area contributed by atoms with E-state index in [2.05, 4.69) is 0 Å². The van der Waals surface area contributed by atoms with Gasteiger partial charge in [-0.1, -0.05) is 91.9 Å². The second-order valence-electron chi connectivity index (χ2n) is 12.6. The molecule has 0 unspecified atom stereocenters. The summed E-state index contributed by atoms with van der Waals surface area (Å²) < 4.78 is 6.19. The van der Waals surface area contributed by atoms with Crippen molar-refractivity contribution in [2.24, 2.45) is 5.92 Å². The maximum Gasteiger partial charge on any atom is 0.268 e. The first-order valence-electron chi connectivity index (χ1n) is 16.9. The van der Waals surface area contributed by atoms with E-state index in [9.17, 15) is 24.6 Å². The number of ether oxygens (including phenoxy) is 1. The number of fused-ring (bicyclic) bond motifs is 3. The number of rotatable bonds is 10. The van der Waals surface area contributed by atoms with Crippen molar-refractivity contribution in [2.75, 3.05) is 23.0 Å². The topological polar surface area (TPSA) is 111 Å². The lowest BCUT2D eigenvalue weighted by molar-refractivity contribution is -0.138. The van der Waals surface area contributed by atoms with Gasteiger partial charge in [-0.3, -0.25) is 24.2 Å². The van der Waals surface area contributed by atoms with E-state index in [1.54, 1.807) is 95.6 Å². The fourth-order valence-corrected chi connectivity index (χ4v) is 6.75. The number of nitrogens with zero attached hydrogens (tertiary/aromatic N) is 3. The quantitative estimate of drug-likeness (QED) is 0.151. The van der Waals surface area contributed by atoms with Gasteiger partial charge in [0.1, 0.15) is 5.75 Å². The summed E-state index contributed by atoms with van der Waals surface area (Å²) in [6, 6.07) is 38.1. The zero-order chi connectivity index (χ0) is 35.5. The first kappa shape index (κ1) is 33.5. The van der Waals surface area contributed by atoms with Gasteiger partial charge < -0.3 is 19.8 Å². The summed E-state index contributed by atoms with van der Waals surface area (Å²) in [7, 11) is 0. The van der Waals surface area contributed by atoms with Gasteiger partial charge in [-0.2, -0.15) is 0 Å². The van der Waals surface area contributed by atoms with Crippen molar-refractivity contribution >= 4 is 40.5 Å². The third-order valence-electron chi connectivity index (χ3n) is 9.40. The summed E-state index contributed by atoms with van der Waals surface area (Å²) >= 11 is 0. The molecule has 0 radical (unpaired) electrons. The third kappa shape index (κ3) is 6.18. The van der Waals surface area contributed by atoms with Crippen molar-refractivity contribution in [1.29, 1.82) is 0 Å². The van der Waals surface area contributed by atoms with Crippen molar-refractivity contribution in [1.82, 2.24) is 4.90 Å². The van der Waals surface area contributed by atoms with Crippen LogP contribution in [0, 0.1) is 5.92 Å². The number of benzene rings is 5. The Kier molecular flexibility index (Phi) is 9.23. The lowest BCUT2D eigenvalue weighted by atomic mass is 9.82. The zero-order valence-electron chi connectivity index (χ0n) is 28.1. The molecular formula is C42H37N3O6. The van der Waals surface area contributed by atoms with Gasteiger partial charge in [0.15, 0.2) is 11.4 Å². The molecule has 0 aromatic heterocycles. The molecule has 3 amide bonds. The molecule has 9 nitrogen and oxygen atoms in total. The van der Waals surface area contributed by atoms with Crippen molar-refractivity contribution in [2.45, 2.75) is 25.5 Å². The van der Waals surface area contributed by atoms with E-state index < -0.39 is 17.4 Å². The lowest BCUT2D eigenvalue weighted by Crippen LogP contribution is -2.42. The van der Waals surface area contributed by atoms with Crippen LogP contribution in [0.5, 0.6) is 11.5 Å². The molecule has 2 atom stereocenters. The highest BCUT2D eigenvalue weighted by Gasteiger charge is 2.53. The van der Waals surface area contributed by atoms with Gasteiger partial charge in [0, 0.05) is 42.4 Å². The molecule has 2 aliphatic heterocycles. The maximum atomic E-state index is 14.4. The minimum Gasteiger partial charge on any atom is -0.454 e. The smallest absolute Gasteiger partial charge is 0.268 e. The van der Waals surface area contributed by atoms with Gasteiger partial charge in [-0.25, -0.2) is 0 Å². The summed E-state index contributed by atoms with van der Waals surface area (Å²) in [6.07, 6.45) is 3.34. The maximum absolute atomic E-state index is 14.4. The van der Waals surface area contributed by atoms with Crippen molar-refractivity contribution in [3.05, 3.63) is 156 Å². The highest BCUT2D eigenvalue weighted by atomic mass is 16.5. The summed E-state index contributed by atoms with van der Waals surface area (Å²) in [5.41, 5.74) is 1.62. The molecule has 7 rings (SSSR count). The summed E-state index contributed by atoms with van der Waals surface area (Å²) in [6.45, 7) is 2.08. The fourth-order valence-electron chi connectivity index (χ4n) is 6.75. The Bertz CT molecular complexity index is 2120. The summed E-state index contributed by atoms with van der Waals surface area (Å²) in [4.78, 5) is 46.5. The van der Waals surface area contributed by atoms with Crippen LogP contribution in [0.15, 0.2) is 140 Å². The van der Waals surface area contributed by atoms with E-state index in [0.29, 0.717) is 51.9 Å². The number of aliphatic hydroxyl groups excluding tert-OH is 1. The normalized spacial score (nSPS) is 17.0. The van der Waals surface area contributed by atoms with E-state index in [1.807, 2.05) is 60.7 Å². The molecule has 0 fully saturated rings. The predicted octanol–water partition coefficient (Wildman–Crippen LogP) is 7.24. The number of aliphatic hydroxyl groups is 2. The average Bonchev–Trinajstić information content (AvgIpc) is 3.30. The molecule has 2 heterocycles. The second-order valence-corrected chi connectivity index (χ2v) is 12.6. The molecule has 0 saturated carbocycles. The Morgan fingerprint density at radius 1 is 0.804 bits per heavy atom. The molecule has 0 spiro atoms. The van der Waals surface area contributed by atoms with Crippen LogP contribution >= 0.6 is 0 Å². The number of hydrogen-bond acceptors (Lipinski definition) is 6. The SMILES string of the molecule is C[C@H](/C=C/CC(=O)N(CCO)Cc1ccccc1)[C@@]1(O)C(=O)N(c2ccccc2)c2ccc(N3C(=O)c4ccccc4Oc4ccccc43)cc21. The van der Waals surface area contributed by atoms with Crippen LogP contribution in [-0.2, 0) is 21.7 Å². The lowest BCUT2D eigenvalue weighted by Gasteiger charge is -2.28. The number of carbonyl (C=O) groups excluding carboxylic acids is 3. The van der Waals surface area contributed by atoms with Crippen molar-refractivity contribution < 1.29 is 29.3 Å². The van der Waals surface area contributed by atoms with Crippen LogP contribution in [0.1, 0.15) is 34.8 Å².